The summed E-state index contributed by atoms with van der Waals surface area (Å²) >= 11 is 0. The number of rotatable bonds is 8. The number of hydrogen-bond donors (Lipinski definition) is 1. The summed E-state index contributed by atoms with van der Waals surface area (Å²) in [7, 11) is -7.04. The van der Waals surface area contributed by atoms with Crippen LogP contribution in [0.3, 0.4) is 0 Å². The molecular weight excluding hydrogens is 326 g/mol. The number of anilines is 1. The Morgan fingerprint density at radius 3 is 2.41 bits per heavy atom. The molecule has 0 amide bonds. The number of nitriles is 1. The smallest absolute Gasteiger partial charge is 0.232 e. The lowest BCUT2D eigenvalue weighted by Crippen LogP contribution is -2.39. The molecule has 1 rings (SSSR count). The molecule has 0 aliphatic carbocycles. The van der Waals surface area contributed by atoms with Gasteiger partial charge in [-0.25, -0.2) is 21.6 Å². The monoisotopic (exact) mass is 345 g/mol. The van der Waals surface area contributed by atoms with Gasteiger partial charge in [-0.3, -0.25) is 4.31 Å². The number of sulfonamides is 2. The zero-order chi connectivity index (χ0) is 16.8. The molecule has 0 fully saturated rings. The number of nitrogens with one attached hydrogen (secondary N) is 1. The van der Waals surface area contributed by atoms with Crippen LogP contribution in [0.25, 0.3) is 0 Å². The molecular formula is C13H19N3O4S2. The van der Waals surface area contributed by atoms with Gasteiger partial charge in [0.25, 0.3) is 0 Å². The SMILES string of the molecule is CCCS(=O)(=O)NCCN(c1ccccc1C#N)S(C)(=O)=O. The van der Waals surface area contributed by atoms with Crippen molar-refractivity contribution >= 4 is 25.7 Å². The topological polar surface area (TPSA) is 107 Å². The van der Waals surface area contributed by atoms with E-state index < -0.39 is 20.0 Å². The summed E-state index contributed by atoms with van der Waals surface area (Å²) in [4.78, 5) is 0. The third-order valence-electron chi connectivity index (χ3n) is 2.80. The average Bonchev–Trinajstić information content (AvgIpc) is 2.42. The summed E-state index contributed by atoms with van der Waals surface area (Å²) in [5, 5.41) is 9.07. The van der Waals surface area contributed by atoms with Crippen molar-refractivity contribution in [3.63, 3.8) is 0 Å². The van der Waals surface area contributed by atoms with Crippen molar-refractivity contribution < 1.29 is 16.8 Å². The third-order valence-corrected chi connectivity index (χ3v) is 5.57. The molecule has 0 aromatic heterocycles. The molecule has 0 spiro atoms. The normalized spacial score (nSPS) is 11.9. The Bertz CT molecular complexity index is 752. The standard InChI is InChI=1S/C13H19N3O4S2/c1-3-10-22(19,20)15-8-9-16(21(2,17)18)13-7-5-4-6-12(13)11-14/h4-7,15H,3,8-10H2,1-2H3. The minimum atomic E-state index is -3.63. The van der Waals surface area contributed by atoms with Crippen LogP contribution in [0.5, 0.6) is 0 Å². The van der Waals surface area contributed by atoms with Crippen molar-refractivity contribution in [3.05, 3.63) is 29.8 Å². The van der Waals surface area contributed by atoms with E-state index in [-0.39, 0.29) is 30.1 Å². The molecule has 0 unspecified atom stereocenters. The maximum atomic E-state index is 11.9. The number of hydrogen-bond acceptors (Lipinski definition) is 5. The molecule has 0 bridgehead atoms. The van der Waals surface area contributed by atoms with E-state index in [1.54, 1.807) is 19.1 Å². The molecule has 7 nitrogen and oxygen atoms in total. The molecule has 122 valence electrons. The van der Waals surface area contributed by atoms with Crippen LogP contribution in [0.2, 0.25) is 0 Å². The second-order valence-corrected chi connectivity index (χ2v) is 8.51. The fourth-order valence-corrected chi connectivity index (χ4v) is 3.92. The molecule has 0 radical (unpaired) electrons. The highest BCUT2D eigenvalue weighted by molar-refractivity contribution is 7.92. The van der Waals surface area contributed by atoms with Crippen LogP contribution in [-0.2, 0) is 20.0 Å². The van der Waals surface area contributed by atoms with E-state index in [1.807, 2.05) is 6.07 Å². The number of para-hydroxylation sites is 1. The van der Waals surface area contributed by atoms with Gasteiger partial charge in [0, 0.05) is 13.1 Å². The highest BCUT2D eigenvalue weighted by atomic mass is 32.2. The first-order valence-corrected chi connectivity index (χ1v) is 10.2. The Hall–Kier alpha value is -1.63. The largest absolute Gasteiger partial charge is 0.268 e. The molecule has 0 aliphatic heterocycles. The van der Waals surface area contributed by atoms with Gasteiger partial charge in [0.15, 0.2) is 0 Å². The lowest BCUT2D eigenvalue weighted by Gasteiger charge is -2.23. The summed E-state index contributed by atoms with van der Waals surface area (Å²) in [6.07, 6.45) is 1.49. The molecule has 0 heterocycles. The third kappa shape index (κ3) is 5.29. The molecule has 1 aromatic rings. The van der Waals surface area contributed by atoms with E-state index in [2.05, 4.69) is 4.72 Å². The van der Waals surface area contributed by atoms with E-state index >= 15 is 0 Å². The first-order valence-electron chi connectivity index (χ1n) is 6.65. The summed E-state index contributed by atoms with van der Waals surface area (Å²) in [6, 6.07) is 8.21. The van der Waals surface area contributed by atoms with Crippen molar-refractivity contribution in [1.29, 1.82) is 5.26 Å². The Labute approximate surface area is 131 Å². The summed E-state index contributed by atoms with van der Waals surface area (Å²) in [5.74, 6) is -0.0132. The minimum Gasteiger partial charge on any atom is -0.268 e. The van der Waals surface area contributed by atoms with Gasteiger partial charge in [0.1, 0.15) is 6.07 Å². The molecule has 0 saturated carbocycles. The fourth-order valence-electron chi connectivity index (χ4n) is 1.89. The maximum Gasteiger partial charge on any atom is 0.232 e. The van der Waals surface area contributed by atoms with Crippen LogP contribution >= 0.6 is 0 Å². The number of benzene rings is 1. The lowest BCUT2D eigenvalue weighted by atomic mass is 10.2. The Morgan fingerprint density at radius 2 is 1.86 bits per heavy atom. The van der Waals surface area contributed by atoms with E-state index in [0.717, 1.165) is 10.6 Å². The zero-order valence-corrected chi connectivity index (χ0v) is 14.1. The molecule has 0 saturated heterocycles. The summed E-state index contributed by atoms with van der Waals surface area (Å²) < 4.78 is 50.4. The fraction of sp³-hybridized carbons (Fsp3) is 0.462. The minimum absolute atomic E-state index is 0.0132. The predicted octanol–water partition coefficient (Wildman–Crippen LogP) is 0.654. The maximum absolute atomic E-state index is 11.9. The van der Waals surface area contributed by atoms with Crippen LogP contribution in [0, 0.1) is 11.3 Å². The Kier molecular flexibility index (Phi) is 6.34. The van der Waals surface area contributed by atoms with Gasteiger partial charge < -0.3 is 0 Å². The van der Waals surface area contributed by atoms with Gasteiger partial charge in [-0.15, -0.1) is 0 Å². The van der Waals surface area contributed by atoms with E-state index in [0.29, 0.717) is 6.42 Å². The Balaban J connectivity index is 2.96. The molecule has 1 aromatic carbocycles. The molecule has 0 aliphatic rings. The van der Waals surface area contributed by atoms with Gasteiger partial charge >= 0.3 is 0 Å². The van der Waals surface area contributed by atoms with Crippen LogP contribution in [0.15, 0.2) is 24.3 Å². The van der Waals surface area contributed by atoms with Crippen molar-refractivity contribution in [3.8, 4) is 6.07 Å². The molecule has 22 heavy (non-hydrogen) atoms. The molecule has 0 atom stereocenters. The van der Waals surface area contributed by atoms with Crippen molar-refractivity contribution in [1.82, 2.24) is 4.72 Å². The van der Waals surface area contributed by atoms with E-state index in [4.69, 9.17) is 5.26 Å². The molecule has 1 N–H and O–H groups in total. The first kappa shape index (κ1) is 18.4. The Morgan fingerprint density at radius 1 is 1.23 bits per heavy atom. The lowest BCUT2D eigenvalue weighted by molar-refractivity contribution is 0.577. The first-order chi connectivity index (χ1) is 10.2. The highest BCUT2D eigenvalue weighted by Gasteiger charge is 2.20. The van der Waals surface area contributed by atoms with E-state index in [9.17, 15) is 16.8 Å². The van der Waals surface area contributed by atoms with Crippen LogP contribution < -0.4 is 9.03 Å². The quantitative estimate of drug-likeness (QED) is 0.744. The zero-order valence-electron chi connectivity index (χ0n) is 12.5. The van der Waals surface area contributed by atoms with Crippen LogP contribution in [-0.4, -0.2) is 41.9 Å². The molecule has 9 heteroatoms. The van der Waals surface area contributed by atoms with Crippen molar-refractivity contribution in [2.24, 2.45) is 0 Å². The second-order valence-electron chi connectivity index (χ2n) is 4.68. The summed E-state index contributed by atoms with van der Waals surface area (Å²) in [6.45, 7) is 1.60. The van der Waals surface area contributed by atoms with Crippen molar-refractivity contribution in [2.45, 2.75) is 13.3 Å². The number of nitrogens with zero attached hydrogens (tertiary/aromatic N) is 2. The van der Waals surface area contributed by atoms with Crippen LogP contribution in [0.1, 0.15) is 18.9 Å². The average molecular weight is 345 g/mol. The van der Waals surface area contributed by atoms with Crippen LogP contribution in [0.4, 0.5) is 5.69 Å². The van der Waals surface area contributed by atoms with E-state index in [1.165, 1.54) is 12.1 Å². The predicted molar refractivity (Wildman–Crippen MR) is 85.4 cm³/mol. The van der Waals surface area contributed by atoms with Gasteiger partial charge in [0.2, 0.25) is 20.0 Å². The second kappa shape index (κ2) is 7.58. The van der Waals surface area contributed by atoms with Gasteiger partial charge in [-0.2, -0.15) is 5.26 Å². The highest BCUT2D eigenvalue weighted by Crippen LogP contribution is 2.21. The summed E-state index contributed by atoms with van der Waals surface area (Å²) in [5.41, 5.74) is 0.450. The van der Waals surface area contributed by atoms with Gasteiger partial charge in [-0.05, 0) is 18.6 Å². The van der Waals surface area contributed by atoms with Gasteiger partial charge in [0.05, 0.1) is 23.3 Å². The van der Waals surface area contributed by atoms with Crippen molar-refractivity contribution in [2.75, 3.05) is 29.4 Å². The van der Waals surface area contributed by atoms with Gasteiger partial charge in [-0.1, -0.05) is 19.1 Å².